The Labute approximate surface area is 325 Å². The Morgan fingerprint density at radius 3 is 1.76 bits per heavy atom. The van der Waals surface area contributed by atoms with E-state index in [1.807, 2.05) is 12.2 Å². The average Bonchev–Trinajstić information content (AvgIpc) is 3.64. The van der Waals surface area contributed by atoms with E-state index in [2.05, 4.69) is 34.6 Å². The molecule has 8 aliphatic rings. The SMILES string of the molecule is CC(=O)C1CCC2C3CCC4=CC(=O)CCC4(C)C3CCC12C.CCCCCC(=O)OC1(C(C)=O)CCC2C3CCC4=CC(=O)CCC4(C)C3CCC21C. The van der Waals surface area contributed by atoms with Crippen molar-refractivity contribution in [2.75, 3.05) is 0 Å². The first-order valence-electron chi connectivity index (χ1n) is 22.2. The molecule has 6 heteroatoms. The first-order chi connectivity index (χ1) is 25.5. The lowest BCUT2D eigenvalue weighted by Crippen LogP contribution is -2.58. The molecule has 8 rings (SSSR count). The molecule has 0 amide bonds. The van der Waals surface area contributed by atoms with E-state index < -0.39 is 5.60 Å². The molecule has 298 valence electrons. The van der Waals surface area contributed by atoms with Crippen LogP contribution in [0, 0.1) is 63.1 Å². The van der Waals surface area contributed by atoms with Crippen molar-refractivity contribution in [2.45, 2.75) is 182 Å². The first-order valence-corrected chi connectivity index (χ1v) is 22.2. The molecular formula is C48H70O6. The minimum absolute atomic E-state index is 0.0330. The largest absolute Gasteiger partial charge is 0.450 e. The highest BCUT2D eigenvalue weighted by atomic mass is 16.6. The van der Waals surface area contributed by atoms with Gasteiger partial charge in [0.25, 0.3) is 0 Å². The van der Waals surface area contributed by atoms with Gasteiger partial charge in [0.1, 0.15) is 5.78 Å². The zero-order chi connectivity index (χ0) is 38.8. The summed E-state index contributed by atoms with van der Waals surface area (Å²) in [6.45, 7) is 15.0. The highest BCUT2D eigenvalue weighted by Crippen LogP contribution is 2.69. The summed E-state index contributed by atoms with van der Waals surface area (Å²) < 4.78 is 6.16. The highest BCUT2D eigenvalue weighted by molar-refractivity contribution is 5.92. The maximum Gasteiger partial charge on any atom is 0.306 e. The van der Waals surface area contributed by atoms with Crippen molar-refractivity contribution in [1.29, 1.82) is 0 Å². The van der Waals surface area contributed by atoms with Crippen LogP contribution in [-0.4, -0.2) is 34.7 Å². The highest BCUT2D eigenvalue weighted by Gasteiger charge is 2.68. The van der Waals surface area contributed by atoms with Crippen LogP contribution in [-0.2, 0) is 28.7 Å². The van der Waals surface area contributed by atoms with E-state index in [1.165, 1.54) is 36.8 Å². The van der Waals surface area contributed by atoms with Crippen molar-refractivity contribution in [3.63, 3.8) is 0 Å². The molecule has 0 bridgehead atoms. The van der Waals surface area contributed by atoms with E-state index in [9.17, 15) is 24.0 Å². The Bertz CT molecular complexity index is 1620. The molecule has 0 aromatic heterocycles. The molecule has 0 radical (unpaired) electrons. The second kappa shape index (κ2) is 14.5. The van der Waals surface area contributed by atoms with E-state index in [0.717, 1.165) is 101 Å². The molecule has 0 heterocycles. The second-order valence-corrected chi connectivity index (χ2v) is 20.5. The topological polar surface area (TPSA) is 94.6 Å². The molecular weight excluding hydrogens is 673 g/mol. The predicted molar refractivity (Wildman–Crippen MR) is 211 cm³/mol. The van der Waals surface area contributed by atoms with Gasteiger partial charge in [0, 0.05) is 30.6 Å². The first kappa shape index (κ1) is 39.8. The summed E-state index contributed by atoms with van der Waals surface area (Å²) in [7, 11) is 0. The number of esters is 1. The fourth-order valence-corrected chi connectivity index (χ4v) is 15.4. The fraction of sp³-hybridized carbons (Fsp3) is 0.812. The van der Waals surface area contributed by atoms with Gasteiger partial charge in [-0.1, -0.05) is 58.6 Å². The Kier molecular flexibility index (Phi) is 10.7. The summed E-state index contributed by atoms with van der Waals surface area (Å²) >= 11 is 0. The number of unbranched alkanes of at least 4 members (excludes halogenated alkanes) is 2. The number of fused-ring (bicyclic) bond motifs is 10. The van der Waals surface area contributed by atoms with Gasteiger partial charge in [-0.25, -0.2) is 0 Å². The number of Topliss-reactive ketones (excluding diaryl/α,β-unsaturated/α-hetero) is 2. The molecule has 0 aromatic carbocycles. The third-order valence-corrected chi connectivity index (χ3v) is 18.4. The third kappa shape index (κ3) is 6.20. The van der Waals surface area contributed by atoms with E-state index in [4.69, 9.17) is 4.74 Å². The van der Waals surface area contributed by atoms with Crippen LogP contribution in [0.3, 0.4) is 0 Å². The Morgan fingerprint density at radius 2 is 1.20 bits per heavy atom. The maximum atomic E-state index is 13.1. The van der Waals surface area contributed by atoms with Crippen LogP contribution in [0.5, 0.6) is 0 Å². The lowest BCUT2D eigenvalue weighted by Gasteiger charge is -2.59. The Balaban J connectivity index is 0.000000174. The van der Waals surface area contributed by atoms with Crippen LogP contribution in [0.15, 0.2) is 23.3 Å². The monoisotopic (exact) mass is 743 g/mol. The molecule has 0 aliphatic heterocycles. The van der Waals surface area contributed by atoms with Crippen LogP contribution in [0.25, 0.3) is 0 Å². The summed E-state index contributed by atoms with van der Waals surface area (Å²) in [6, 6.07) is 0. The molecule has 54 heavy (non-hydrogen) atoms. The summed E-state index contributed by atoms with van der Waals surface area (Å²) in [5, 5.41) is 0. The van der Waals surface area contributed by atoms with Gasteiger partial charge in [-0.2, -0.15) is 0 Å². The predicted octanol–water partition coefficient (Wildman–Crippen LogP) is 10.7. The van der Waals surface area contributed by atoms with Gasteiger partial charge in [-0.15, -0.1) is 0 Å². The van der Waals surface area contributed by atoms with Gasteiger partial charge in [-0.05, 0) is 174 Å². The van der Waals surface area contributed by atoms with Crippen LogP contribution in [0.1, 0.15) is 177 Å². The molecule has 0 aromatic rings. The number of hydrogen-bond donors (Lipinski definition) is 0. The van der Waals surface area contributed by atoms with Crippen molar-refractivity contribution in [2.24, 2.45) is 63.1 Å². The summed E-state index contributed by atoms with van der Waals surface area (Å²) in [5.41, 5.74) is 2.21. The quantitative estimate of drug-likeness (QED) is 0.190. The lowest BCUT2D eigenvalue weighted by molar-refractivity contribution is -0.189. The molecule has 6 fully saturated rings. The third-order valence-electron chi connectivity index (χ3n) is 18.4. The lowest BCUT2D eigenvalue weighted by atomic mass is 9.46. The summed E-state index contributed by atoms with van der Waals surface area (Å²) in [5.74, 6) is 4.95. The Morgan fingerprint density at radius 1 is 0.648 bits per heavy atom. The van der Waals surface area contributed by atoms with E-state index in [-0.39, 0.29) is 39.2 Å². The molecule has 0 spiro atoms. The van der Waals surface area contributed by atoms with Gasteiger partial charge in [0.05, 0.1) is 0 Å². The van der Waals surface area contributed by atoms with Gasteiger partial charge in [-0.3, -0.25) is 24.0 Å². The molecule has 12 unspecified atom stereocenters. The molecule has 8 aliphatic carbocycles. The number of carbonyl (C=O) groups is 5. The van der Waals surface area contributed by atoms with Crippen LogP contribution >= 0.6 is 0 Å². The number of hydrogen-bond acceptors (Lipinski definition) is 6. The van der Waals surface area contributed by atoms with Crippen molar-refractivity contribution in [1.82, 2.24) is 0 Å². The zero-order valence-electron chi connectivity index (χ0n) is 34.8. The molecule has 6 nitrogen and oxygen atoms in total. The summed E-state index contributed by atoms with van der Waals surface area (Å²) in [6.07, 6.45) is 23.6. The molecule has 12 atom stereocenters. The molecule has 6 saturated carbocycles. The van der Waals surface area contributed by atoms with Crippen molar-refractivity contribution in [3.8, 4) is 0 Å². The average molecular weight is 743 g/mol. The second-order valence-electron chi connectivity index (χ2n) is 20.5. The number of rotatable bonds is 7. The number of ketones is 4. The zero-order valence-corrected chi connectivity index (χ0v) is 34.8. The number of carbonyl (C=O) groups excluding carboxylic acids is 5. The van der Waals surface area contributed by atoms with Gasteiger partial charge in [0.15, 0.2) is 23.0 Å². The van der Waals surface area contributed by atoms with Crippen LogP contribution < -0.4 is 0 Å². The van der Waals surface area contributed by atoms with Crippen LogP contribution in [0.2, 0.25) is 0 Å². The maximum absolute atomic E-state index is 13.1. The Hall–Kier alpha value is -2.37. The van der Waals surface area contributed by atoms with Crippen LogP contribution in [0.4, 0.5) is 0 Å². The minimum atomic E-state index is -0.953. The van der Waals surface area contributed by atoms with Gasteiger partial charge >= 0.3 is 5.97 Å². The number of allylic oxidation sites excluding steroid dienone is 2. The van der Waals surface area contributed by atoms with Gasteiger partial charge < -0.3 is 4.74 Å². The standard InChI is InChI=1S/C27H40O4.C21H30O2/c1-5-6-7-8-24(30)31-27(18(2)28)16-13-23-21-10-9-19-17-20(29)11-14-25(19,3)22(21)12-15-26(23,27)4;1-13(22)17-6-7-18-16-5-4-14-12-15(23)8-10-20(14,2)19(16)9-11-21(17,18)3/h17,21-23H,5-16H2,1-4H3;12,16-19H,4-11H2,1-3H3. The molecule has 0 N–H and O–H groups in total. The summed E-state index contributed by atoms with van der Waals surface area (Å²) in [4.78, 5) is 61.8. The smallest absolute Gasteiger partial charge is 0.306 e. The van der Waals surface area contributed by atoms with E-state index >= 15 is 0 Å². The van der Waals surface area contributed by atoms with Crippen molar-refractivity contribution >= 4 is 29.1 Å². The van der Waals surface area contributed by atoms with Gasteiger partial charge in [0.2, 0.25) is 0 Å². The normalized spacial score (nSPS) is 44.8. The minimum Gasteiger partial charge on any atom is -0.450 e. The number of ether oxygens (including phenoxy) is 1. The van der Waals surface area contributed by atoms with Crippen molar-refractivity contribution in [3.05, 3.63) is 23.3 Å². The fourth-order valence-electron chi connectivity index (χ4n) is 15.4. The van der Waals surface area contributed by atoms with Crippen molar-refractivity contribution < 1.29 is 28.7 Å². The van der Waals surface area contributed by atoms with E-state index in [1.54, 1.807) is 13.8 Å². The van der Waals surface area contributed by atoms with E-state index in [0.29, 0.717) is 54.5 Å². The molecule has 0 saturated heterocycles.